The maximum atomic E-state index is 12.3. The highest BCUT2D eigenvalue weighted by molar-refractivity contribution is 7.12. The van der Waals surface area contributed by atoms with Crippen LogP contribution < -0.4 is 5.32 Å². The largest absolute Gasteiger partial charge is 0.305 e. The Morgan fingerprint density at radius 3 is 2.87 bits per heavy atom. The minimum absolute atomic E-state index is 0.109. The first kappa shape index (κ1) is 15.4. The first-order valence-corrected chi connectivity index (χ1v) is 8.25. The van der Waals surface area contributed by atoms with Crippen LogP contribution in [0, 0.1) is 13.8 Å². The molecule has 1 amide bonds. The molecule has 0 fully saturated rings. The third kappa shape index (κ3) is 3.84. The van der Waals surface area contributed by atoms with Gasteiger partial charge in [-0.2, -0.15) is 5.10 Å². The van der Waals surface area contributed by atoms with Crippen molar-refractivity contribution in [1.82, 2.24) is 14.8 Å². The van der Waals surface area contributed by atoms with E-state index in [1.54, 1.807) is 17.5 Å². The third-order valence-electron chi connectivity index (χ3n) is 3.49. The van der Waals surface area contributed by atoms with Gasteiger partial charge in [-0.05, 0) is 32.0 Å². The number of amides is 1. The second-order valence-corrected chi connectivity index (χ2v) is 6.78. The maximum Gasteiger partial charge on any atom is 0.257 e. The zero-order valence-electron chi connectivity index (χ0n) is 13.1. The highest BCUT2D eigenvalue weighted by atomic mass is 32.1. The highest BCUT2D eigenvalue weighted by Gasteiger charge is 2.13. The summed E-state index contributed by atoms with van der Waals surface area (Å²) in [5.74, 6) is 0.459. The minimum Gasteiger partial charge on any atom is -0.305 e. The number of aryl methyl sites for hydroxylation is 4. The lowest BCUT2D eigenvalue weighted by Gasteiger charge is -2.02. The molecule has 0 aliphatic carbocycles. The van der Waals surface area contributed by atoms with Gasteiger partial charge in [0.05, 0.1) is 5.56 Å². The number of pyridine rings is 1. The number of hydrogen-bond acceptors (Lipinski definition) is 4. The summed E-state index contributed by atoms with van der Waals surface area (Å²) in [6, 6.07) is 9.59. The Hall–Kier alpha value is -2.47. The van der Waals surface area contributed by atoms with E-state index in [9.17, 15) is 4.79 Å². The molecular formula is C17H18N4OS. The van der Waals surface area contributed by atoms with E-state index < -0.39 is 0 Å². The molecule has 0 aliphatic heterocycles. The minimum atomic E-state index is -0.109. The molecule has 3 aromatic rings. The predicted octanol–water partition coefficient (Wildman–Crippen LogP) is 3.45. The fraction of sp³-hybridized carbons (Fsp3) is 0.235. The van der Waals surface area contributed by atoms with E-state index in [0.29, 0.717) is 5.82 Å². The molecule has 0 bridgehead atoms. The Labute approximate surface area is 139 Å². The first-order chi connectivity index (χ1) is 11.1. The van der Waals surface area contributed by atoms with Gasteiger partial charge in [0, 0.05) is 46.9 Å². The van der Waals surface area contributed by atoms with E-state index in [2.05, 4.69) is 15.4 Å². The molecule has 1 N–H and O–H groups in total. The Balaban J connectivity index is 1.61. The van der Waals surface area contributed by atoms with E-state index in [-0.39, 0.29) is 5.91 Å². The maximum absolute atomic E-state index is 12.3. The molecule has 0 aromatic carbocycles. The van der Waals surface area contributed by atoms with Crippen molar-refractivity contribution in [3.63, 3.8) is 0 Å². The molecule has 0 aliphatic rings. The average molecular weight is 326 g/mol. The second-order valence-electron chi connectivity index (χ2n) is 5.32. The standard InChI is InChI=1S/C17H18N4OS/c1-12-11-15(13(2)23-12)17(22)19-16-7-10-21(20-16)9-6-14-5-3-4-8-18-14/h3-5,7-8,10-11H,6,9H2,1-2H3,(H,19,20,22). The van der Waals surface area contributed by atoms with Crippen molar-refractivity contribution >= 4 is 23.1 Å². The summed E-state index contributed by atoms with van der Waals surface area (Å²) in [6.07, 6.45) is 4.46. The van der Waals surface area contributed by atoms with E-state index >= 15 is 0 Å². The van der Waals surface area contributed by atoms with Gasteiger partial charge in [0.2, 0.25) is 0 Å². The molecule has 6 heteroatoms. The number of carbonyl (C=O) groups excluding carboxylic acids is 1. The fourth-order valence-electron chi connectivity index (χ4n) is 2.37. The molecular weight excluding hydrogens is 308 g/mol. The molecule has 0 spiro atoms. The van der Waals surface area contributed by atoms with E-state index in [1.807, 2.05) is 55.1 Å². The summed E-state index contributed by atoms with van der Waals surface area (Å²) < 4.78 is 1.82. The van der Waals surface area contributed by atoms with Crippen molar-refractivity contribution in [2.75, 3.05) is 5.32 Å². The lowest BCUT2D eigenvalue weighted by Crippen LogP contribution is -2.13. The molecule has 5 nitrogen and oxygen atoms in total. The van der Waals surface area contributed by atoms with Crippen LogP contribution in [0.5, 0.6) is 0 Å². The van der Waals surface area contributed by atoms with Crippen LogP contribution in [0.3, 0.4) is 0 Å². The van der Waals surface area contributed by atoms with Crippen LogP contribution in [0.1, 0.15) is 25.8 Å². The van der Waals surface area contributed by atoms with Crippen molar-refractivity contribution in [3.05, 3.63) is 63.7 Å². The predicted molar refractivity (Wildman–Crippen MR) is 91.9 cm³/mol. The molecule has 3 aromatic heterocycles. The van der Waals surface area contributed by atoms with Crippen LogP contribution in [-0.4, -0.2) is 20.7 Å². The molecule has 0 saturated carbocycles. The average Bonchev–Trinajstić information content (AvgIpc) is 3.12. The number of anilines is 1. The molecule has 0 radical (unpaired) electrons. The van der Waals surface area contributed by atoms with Crippen molar-refractivity contribution in [2.45, 2.75) is 26.8 Å². The van der Waals surface area contributed by atoms with Crippen molar-refractivity contribution < 1.29 is 4.79 Å². The number of carbonyl (C=O) groups is 1. The number of rotatable bonds is 5. The number of hydrogen-bond donors (Lipinski definition) is 1. The fourth-order valence-corrected chi connectivity index (χ4v) is 3.29. The Morgan fingerprint density at radius 1 is 1.30 bits per heavy atom. The van der Waals surface area contributed by atoms with Crippen LogP contribution in [0.15, 0.2) is 42.7 Å². The summed E-state index contributed by atoms with van der Waals surface area (Å²) in [5.41, 5.74) is 1.74. The van der Waals surface area contributed by atoms with Gasteiger partial charge in [-0.1, -0.05) is 6.07 Å². The molecule has 118 valence electrons. The van der Waals surface area contributed by atoms with Crippen LogP contribution in [0.2, 0.25) is 0 Å². The number of aromatic nitrogens is 3. The number of thiophene rings is 1. The first-order valence-electron chi connectivity index (χ1n) is 7.43. The summed E-state index contributed by atoms with van der Waals surface area (Å²) in [4.78, 5) is 18.7. The van der Waals surface area contributed by atoms with Crippen LogP contribution in [0.4, 0.5) is 5.82 Å². The zero-order valence-corrected chi connectivity index (χ0v) is 13.9. The topological polar surface area (TPSA) is 59.8 Å². The van der Waals surface area contributed by atoms with Gasteiger partial charge in [0.15, 0.2) is 5.82 Å². The van der Waals surface area contributed by atoms with Crippen molar-refractivity contribution in [3.8, 4) is 0 Å². The van der Waals surface area contributed by atoms with Crippen molar-refractivity contribution in [1.29, 1.82) is 0 Å². The van der Waals surface area contributed by atoms with Crippen LogP contribution in [0.25, 0.3) is 0 Å². The molecule has 0 atom stereocenters. The van der Waals surface area contributed by atoms with Gasteiger partial charge in [0.25, 0.3) is 5.91 Å². The summed E-state index contributed by atoms with van der Waals surface area (Å²) in [5, 5.41) is 7.24. The van der Waals surface area contributed by atoms with Gasteiger partial charge >= 0.3 is 0 Å². The van der Waals surface area contributed by atoms with Crippen LogP contribution in [-0.2, 0) is 13.0 Å². The molecule has 3 heterocycles. The molecule has 23 heavy (non-hydrogen) atoms. The highest BCUT2D eigenvalue weighted by Crippen LogP contribution is 2.21. The SMILES string of the molecule is Cc1cc(C(=O)Nc2ccn(CCc3ccccn3)n2)c(C)s1. The van der Waals surface area contributed by atoms with E-state index in [0.717, 1.165) is 34.0 Å². The van der Waals surface area contributed by atoms with Gasteiger partial charge in [0.1, 0.15) is 0 Å². The molecule has 3 rings (SSSR count). The molecule has 0 unspecified atom stereocenters. The smallest absolute Gasteiger partial charge is 0.257 e. The summed E-state index contributed by atoms with van der Waals surface area (Å²) in [6.45, 7) is 4.68. The van der Waals surface area contributed by atoms with Gasteiger partial charge in [-0.3, -0.25) is 14.5 Å². The monoisotopic (exact) mass is 326 g/mol. The Bertz CT molecular complexity index is 807. The quantitative estimate of drug-likeness (QED) is 0.781. The van der Waals surface area contributed by atoms with Crippen LogP contribution >= 0.6 is 11.3 Å². The molecule has 0 saturated heterocycles. The normalized spacial score (nSPS) is 10.7. The Kier molecular flexibility index (Phi) is 4.52. The summed E-state index contributed by atoms with van der Waals surface area (Å²) in [7, 11) is 0. The lowest BCUT2D eigenvalue weighted by molar-refractivity contribution is 0.102. The zero-order chi connectivity index (χ0) is 16.2. The second kappa shape index (κ2) is 6.75. The lowest BCUT2D eigenvalue weighted by atomic mass is 10.2. The Morgan fingerprint density at radius 2 is 2.17 bits per heavy atom. The number of nitrogens with zero attached hydrogens (tertiary/aromatic N) is 3. The summed E-state index contributed by atoms with van der Waals surface area (Å²) >= 11 is 1.63. The van der Waals surface area contributed by atoms with E-state index in [4.69, 9.17) is 0 Å². The van der Waals surface area contributed by atoms with Gasteiger partial charge in [-0.25, -0.2) is 0 Å². The van der Waals surface area contributed by atoms with E-state index in [1.165, 1.54) is 0 Å². The van der Waals surface area contributed by atoms with Gasteiger partial charge < -0.3 is 5.32 Å². The third-order valence-corrected chi connectivity index (χ3v) is 4.46. The number of nitrogens with one attached hydrogen (secondary N) is 1. The van der Waals surface area contributed by atoms with Crippen molar-refractivity contribution in [2.24, 2.45) is 0 Å². The van der Waals surface area contributed by atoms with Gasteiger partial charge in [-0.15, -0.1) is 11.3 Å².